The number of ether oxygens (including phenoxy) is 1. The van der Waals surface area contributed by atoms with Gasteiger partial charge in [-0.05, 0) is 57.9 Å². The smallest absolute Gasteiger partial charge is 0.411 e. The Hall–Kier alpha value is -2.04. The molecule has 0 radical (unpaired) electrons. The van der Waals surface area contributed by atoms with Crippen LogP contribution in [0.1, 0.15) is 45.6 Å². The van der Waals surface area contributed by atoms with E-state index >= 15 is 0 Å². The summed E-state index contributed by atoms with van der Waals surface area (Å²) in [7, 11) is 0. The van der Waals surface area contributed by atoms with Crippen molar-refractivity contribution in [1.29, 1.82) is 0 Å². The molecule has 1 saturated heterocycles. The van der Waals surface area contributed by atoms with E-state index in [1.54, 1.807) is 20.8 Å². The average Bonchev–Trinajstić information content (AvgIpc) is 2.91. The van der Waals surface area contributed by atoms with Crippen LogP contribution in [0.4, 0.5) is 4.79 Å². The summed E-state index contributed by atoms with van der Waals surface area (Å²) >= 11 is 0. The number of benzene rings is 1. The van der Waals surface area contributed by atoms with Gasteiger partial charge in [-0.2, -0.15) is 0 Å². The quantitative estimate of drug-likeness (QED) is 0.892. The second kappa shape index (κ2) is 7.69. The fraction of sp³-hybridized carbons (Fsp3) is 0.579. The van der Waals surface area contributed by atoms with Crippen LogP contribution in [0, 0.1) is 5.92 Å². The SMILES string of the molecule is CC(C)(C)OC(=O)N1CC[C@H](CCCc2ccccc2)[C@@H]1C(=O)O. The van der Waals surface area contributed by atoms with E-state index in [1.165, 1.54) is 10.5 Å². The first-order chi connectivity index (χ1) is 11.3. The van der Waals surface area contributed by atoms with Crippen LogP contribution in [0.25, 0.3) is 0 Å². The molecule has 1 aromatic carbocycles. The fourth-order valence-electron chi connectivity index (χ4n) is 3.23. The van der Waals surface area contributed by atoms with Crippen LogP contribution < -0.4 is 0 Å². The predicted octanol–water partition coefficient (Wildman–Crippen LogP) is 3.72. The molecular formula is C19H27NO4. The number of carbonyl (C=O) groups is 2. The van der Waals surface area contributed by atoms with Crippen LogP contribution in [0.5, 0.6) is 0 Å². The fourth-order valence-corrected chi connectivity index (χ4v) is 3.23. The van der Waals surface area contributed by atoms with E-state index in [4.69, 9.17) is 4.74 Å². The topological polar surface area (TPSA) is 66.8 Å². The monoisotopic (exact) mass is 333 g/mol. The lowest BCUT2D eigenvalue weighted by atomic mass is 9.93. The van der Waals surface area contributed by atoms with Gasteiger partial charge < -0.3 is 9.84 Å². The lowest BCUT2D eigenvalue weighted by molar-refractivity contribution is -0.143. The molecule has 1 amide bonds. The molecule has 0 bridgehead atoms. The van der Waals surface area contributed by atoms with Gasteiger partial charge in [-0.1, -0.05) is 30.3 Å². The van der Waals surface area contributed by atoms with Gasteiger partial charge in [0.2, 0.25) is 0 Å². The van der Waals surface area contributed by atoms with Crippen molar-refractivity contribution in [2.75, 3.05) is 6.54 Å². The Morgan fingerprint density at radius 3 is 2.50 bits per heavy atom. The molecule has 24 heavy (non-hydrogen) atoms. The number of carboxylic acids is 1. The third-order valence-electron chi connectivity index (χ3n) is 4.29. The lowest BCUT2D eigenvalue weighted by Crippen LogP contribution is -2.45. The van der Waals surface area contributed by atoms with Gasteiger partial charge >= 0.3 is 12.1 Å². The zero-order valence-electron chi connectivity index (χ0n) is 14.7. The number of rotatable bonds is 5. The number of aryl methyl sites for hydroxylation is 1. The van der Waals surface area contributed by atoms with Crippen molar-refractivity contribution in [1.82, 2.24) is 4.90 Å². The van der Waals surface area contributed by atoms with Gasteiger partial charge in [-0.15, -0.1) is 0 Å². The minimum Gasteiger partial charge on any atom is -0.480 e. The number of hydrogen-bond acceptors (Lipinski definition) is 3. The van der Waals surface area contributed by atoms with Crippen LogP contribution in [0.2, 0.25) is 0 Å². The van der Waals surface area contributed by atoms with Crippen LogP contribution in [-0.4, -0.2) is 40.3 Å². The average molecular weight is 333 g/mol. The highest BCUT2D eigenvalue weighted by atomic mass is 16.6. The van der Waals surface area contributed by atoms with Crippen LogP contribution in [-0.2, 0) is 16.0 Å². The molecule has 1 aliphatic heterocycles. The van der Waals surface area contributed by atoms with Crippen molar-refractivity contribution in [3.63, 3.8) is 0 Å². The maximum absolute atomic E-state index is 12.3. The molecule has 1 N–H and O–H groups in total. The highest BCUT2D eigenvalue weighted by Crippen LogP contribution is 2.30. The van der Waals surface area contributed by atoms with Gasteiger partial charge in [0.1, 0.15) is 11.6 Å². The Kier molecular flexibility index (Phi) is 5.86. The number of likely N-dealkylation sites (tertiary alicyclic amines) is 1. The second-order valence-electron chi connectivity index (χ2n) is 7.38. The molecule has 1 fully saturated rings. The zero-order chi connectivity index (χ0) is 17.7. The number of aliphatic carboxylic acids is 1. The van der Waals surface area contributed by atoms with Gasteiger partial charge in [-0.3, -0.25) is 4.90 Å². The summed E-state index contributed by atoms with van der Waals surface area (Å²) in [4.78, 5) is 25.3. The third-order valence-corrected chi connectivity index (χ3v) is 4.29. The maximum Gasteiger partial charge on any atom is 0.411 e. The van der Waals surface area contributed by atoms with Crippen molar-refractivity contribution in [3.8, 4) is 0 Å². The van der Waals surface area contributed by atoms with E-state index in [2.05, 4.69) is 12.1 Å². The van der Waals surface area contributed by atoms with E-state index in [-0.39, 0.29) is 5.92 Å². The number of carbonyl (C=O) groups excluding carboxylic acids is 1. The molecule has 0 spiro atoms. The summed E-state index contributed by atoms with van der Waals surface area (Å²) < 4.78 is 5.35. The molecule has 1 aliphatic rings. The minimum atomic E-state index is -0.942. The molecule has 5 nitrogen and oxygen atoms in total. The first-order valence-electron chi connectivity index (χ1n) is 8.54. The first kappa shape index (κ1) is 18.3. The lowest BCUT2D eigenvalue weighted by Gasteiger charge is -2.28. The zero-order valence-corrected chi connectivity index (χ0v) is 14.7. The van der Waals surface area contributed by atoms with Crippen LogP contribution in [0.3, 0.4) is 0 Å². The summed E-state index contributed by atoms with van der Waals surface area (Å²) in [6.07, 6.45) is 2.83. The van der Waals surface area contributed by atoms with Crippen molar-refractivity contribution >= 4 is 12.1 Å². The van der Waals surface area contributed by atoms with E-state index < -0.39 is 23.7 Å². The Balaban J connectivity index is 1.93. The molecule has 2 rings (SSSR count). The van der Waals surface area contributed by atoms with Gasteiger partial charge in [0.05, 0.1) is 0 Å². The highest BCUT2D eigenvalue weighted by Gasteiger charge is 2.43. The van der Waals surface area contributed by atoms with E-state index in [1.807, 2.05) is 18.2 Å². The predicted molar refractivity (Wildman–Crippen MR) is 91.9 cm³/mol. The molecule has 1 heterocycles. The largest absolute Gasteiger partial charge is 0.480 e. The summed E-state index contributed by atoms with van der Waals surface area (Å²) in [6.45, 7) is 5.80. The van der Waals surface area contributed by atoms with E-state index in [0.717, 1.165) is 19.3 Å². The van der Waals surface area contributed by atoms with Crippen molar-refractivity contribution in [2.24, 2.45) is 5.92 Å². The number of nitrogens with zero attached hydrogens (tertiary/aromatic N) is 1. The van der Waals surface area contributed by atoms with E-state index in [0.29, 0.717) is 13.0 Å². The van der Waals surface area contributed by atoms with Gasteiger partial charge in [0, 0.05) is 6.54 Å². The Labute approximate surface area is 143 Å². The van der Waals surface area contributed by atoms with Crippen molar-refractivity contribution < 1.29 is 19.4 Å². The molecule has 0 aromatic heterocycles. The molecular weight excluding hydrogens is 306 g/mol. The molecule has 0 unspecified atom stereocenters. The molecule has 1 aromatic rings. The van der Waals surface area contributed by atoms with Gasteiger partial charge in [-0.25, -0.2) is 9.59 Å². The summed E-state index contributed by atoms with van der Waals surface area (Å²) in [6, 6.07) is 9.38. The summed E-state index contributed by atoms with van der Waals surface area (Å²) in [5.74, 6) is -0.957. The van der Waals surface area contributed by atoms with Gasteiger partial charge in [0.25, 0.3) is 0 Å². The van der Waals surface area contributed by atoms with Crippen LogP contribution >= 0.6 is 0 Å². The molecule has 5 heteroatoms. The third kappa shape index (κ3) is 4.98. The molecule has 2 atom stereocenters. The number of amides is 1. The Morgan fingerprint density at radius 1 is 1.25 bits per heavy atom. The standard InChI is InChI=1S/C19H27NO4/c1-19(2,3)24-18(23)20-13-12-15(16(20)17(21)22)11-7-10-14-8-5-4-6-9-14/h4-6,8-9,15-16H,7,10-13H2,1-3H3,(H,21,22)/t15-,16+/m0/s1. The highest BCUT2D eigenvalue weighted by molar-refractivity contribution is 5.81. The van der Waals surface area contributed by atoms with Gasteiger partial charge in [0.15, 0.2) is 0 Å². The summed E-state index contributed by atoms with van der Waals surface area (Å²) in [5, 5.41) is 9.57. The summed E-state index contributed by atoms with van der Waals surface area (Å²) in [5.41, 5.74) is 0.636. The number of hydrogen-bond donors (Lipinski definition) is 1. The van der Waals surface area contributed by atoms with Crippen LogP contribution in [0.15, 0.2) is 30.3 Å². The molecule has 132 valence electrons. The normalized spacial score (nSPS) is 20.9. The molecule has 0 aliphatic carbocycles. The minimum absolute atomic E-state index is 0.0151. The first-order valence-corrected chi connectivity index (χ1v) is 8.54. The molecule has 0 saturated carbocycles. The maximum atomic E-state index is 12.3. The Bertz CT molecular complexity index is 564. The van der Waals surface area contributed by atoms with Crippen molar-refractivity contribution in [3.05, 3.63) is 35.9 Å². The number of carboxylic acid groups (broad SMARTS) is 1. The van der Waals surface area contributed by atoms with Crippen molar-refractivity contribution in [2.45, 2.75) is 58.1 Å². The Morgan fingerprint density at radius 2 is 1.92 bits per heavy atom. The van der Waals surface area contributed by atoms with E-state index in [9.17, 15) is 14.7 Å². The second-order valence-corrected chi connectivity index (χ2v) is 7.38.